The number of aliphatic hydroxyl groups is 1. The van der Waals surface area contributed by atoms with E-state index >= 15 is 0 Å². The third-order valence-electron chi connectivity index (χ3n) is 5.81. The van der Waals surface area contributed by atoms with Crippen molar-refractivity contribution in [3.8, 4) is 0 Å². The third kappa shape index (κ3) is 1.42. The lowest BCUT2D eigenvalue weighted by Crippen LogP contribution is -2.50. The average Bonchev–Trinajstić information content (AvgIpc) is 3.00. The van der Waals surface area contributed by atoms with Crippen LogP contribution in [-0.4, -0.2) is 22.2 Å². The van der Waals surface area contributed by atoms with Gasteiger partial charge in [0.25, 0.3) is 0 Å². The first-order valence-corrected chi connectivity index (χ1v) is 7.83. The van der Waals surface area contributed by atoms with E-state index in [2.05, 4.69) is 34.6 Å². The Morgan fingerprint density at radius 3 is 2.95 bits per heavy atom. The summed E-state index contributed by atoms with van der Waals surface area (Å²) in [6.45, 7) is 0. The van der Waals surface area contributed by atoms with E-state index in [9.17, 15) is 5.11 Å². The van der Waals surface area contributed by atoms with Crippen LogP contribution in [0.5, 0.6) is 0 Å². The lowest BCUT2D eigenvalue weighted by molar-refractivity contribution is 0.159. The number of para-hydroxylation sites is 1. The predicted octanol–water partition coefficient (Wildman–Crippen LogP) is 2.51. The van der Waals surface area contributed by atoms with Crippen LogP contribution in [0.4, 0.5) is 0 Å². The fourth-order valence-corrected chi connectivity index (χ4v) is 5.01. The number of benzene rings is 1. The second-order valence-electron chi connectivity index (χ2n) is 6.88. The Morgan fingerprint density at radius 1 is 1.10 bits per heavy atom. The molecule has 0 unspecified atom stereocenters. The van der Waals surface area contributed by atoms with Crippen molar-refractivity contribution in [3.63, 3.8) is 0 Å². The van der Waals surface area contributed by atoms with Crippen molar-refractivity contribution in [2.75, 3.05) is 0 Å². The van der Waals surface area contributed by atoms with Gasteiger partial charge >= 0.3 is 0 Å². The van der Waals surface area contributed by atoms with E-state index in [1.807, 2.05) is 0 Å². The highest BCUT2D eigenvalue weighted by Gasteiger charge is 2.46. The van der Waals surface area contributed by atoms with Crippen molar-refractivity contribution in [1.82, 2.24) is 10.3 Å². The first kappa shape index (κ1) is 11.4. The van der Waals surface area contributed by atoms with E-state index in [0.29, 0.717) is 23.9 Å². The number of aliphatic hydroxyl groups excluding tert-OH is 1. The number of piperidine rings is 1. The first-order valence-electron chi connectivity index (χ1n) is 7.83. The Morgan fingerprint density at radius 2 is 2.00 bits per heavy atom. The van der Waals surface area contributed by atoms with Crippen molar-refractivity contribution < 1.29 is 5.11 Å². The Kier molecular flexibility index (Phi) is 2.19. The van der Waals surface area contributed by atoms with Crippen molar-refractivity contribution in [1.29, 1.82) is 0 Å². The van der Waals surface area contributed by atoms with Gasteiger partial charge in [0.1, 0.15) is 0 Å². The number of fused-ring (bicyclic) bond motifs is 8. The van der Waals surface area contributed by atoms with E-state index in [0.717, 1.165) is 19.3 Å². The Balaban J connectivity index is 1.63. The van der Waals surface area contributed by atoms with Crippen LogP contribution in [0.3, 0.4) is 0 Å². The van der Waals surface area contributed by atoms with Crippen LogP contribution in [0.25, 0.3) is 10.9 Å². The lowest BCUT2D eigenvalue weighted by atomic mass is 9.73. The van der Waals surface area contributed by atoms with Crippen LogP contribution >= 0.6 is 0 Å². The average molecular weight is 268 g/mol. The highest BCUT2D eigenvalue weighted by Crippen LogP contribution is 2.48. The standard InChI is InChI=1S/C17H20N2O/c20-10-5-9-6-16-17-13(8-15(18-16)12(9)7-10)11-3-1-2-4-14(11)19-17/h1-4,9-10,12,15-16,18-20H,5-8H2/t9-,10-,12-,15+,16+/m1/s1. The first-order chi connectivity index (χ1) is 9.79. The molecule has 20 heavy (non-hydrogen) atoms. The molecule has 3 heterocycles. The van der Waals surface area contributed by atoms with Crippen molar-refractivity contribution in [2.45, 2.75) is 43.9 Å². The van der Waals surface area contributed by atoms with Crippen LogP contribution in [0.1, 0.15) is 36.6 Å². The van der Waals surface area contributed by atoms with Crippen LogP contribution in [-0.2, 0) is 6.42 Å². The molecule has 3 N–H and O–H groups in total. The van der Waals surface area contributed by atoms with E-state index in [1.54, 1.807) is 0 Å². The highest BCUT2D eigenvalue weighted by molar-refractivity contribution is 5.85. The van der Waals surface area contributed by atoms with Gasteiger partial charge in [0, 0.05) is 28.7 Å². The molecule has 1 aliphatic carbocycles. The molecule has 1 aromatic carbocycles. The van der Waals surface area contributed by atoms with Gasteiger partial charge in [-0.2, -0.15) is 0 Å². The molecule has 0 radical (unpaired) electrons. The number of hydrogen-bond acceptors (Lipinski definition) is 2. The highest BCUT2D eigenvalue weighted by atomic mass is 16.3. The number of nitrogens with one attached hydrogen (secondary N) is 2. The molecule has 3 aliphatic rings. The van der Waals surface area contributed by atoms with Gasteiger partial charge in [0.2, 0.25) is 0 Å². The minimum Gasteiger partial charge on any atom is -0.393 e. The minimum atomic E-state index is -0.0683. The summed E-state index contributed by atoms with van der Waals surface area (Å²) < 4.78 is 0. The van der Waals surface area contributed by atoms with Crippen molar-refractivity contribution >= 4 is 10.9 Å². The lowest BCUT2D eigenvalue weighted by Gasteiger charge is -2.43. The normalized spacial score (nSPS) is 38.8. The molecule has 0 amide bonds. The maximum absolute atomic E-state index is 9.98. The third-order valence-corrected chi connectivity index (χ3v) is 5.81. The molecule has 5 rings (SSSR count). The maximum atomic E-state index is 9.98. The van der Waals surface area contributed by atoms with Gasteiger partial charge in [0.15, 0.2) is 0 Å². The zero-order chi connectivity index (χ0) is 13.3. The zero-order valence-corrected chi connectivity index (χ0v) is 11.5. The van der Waals surface area contributed by atoms with Crippen LogP contribution in [0, 0.1) is 11.8 Å². The quantitative estimate of drug-likeness (QED) is 0.687. The van der Waals surface area contributed by atoms with Crippen molar-refractivity contribution in [2.24, 2.45) is 11.8 Å². The summed E-state index contributed by atoms with van der Waals surface area (Å²) >= 11 is 0. The SMILES string of the molecule is O[C@@H]1C[C@@H]2C[C@@H]3N[C@@H](Cc4c3[nH]c3ccccc43)[C@@H]2C1. The topological polar surface area (TPSA) is 48.0 Å². The zero-order valence-electron chi connectivity index (χ0n) is 11.5. The molecule has 1 aromatic heterocycles. The molecule has 2 fully saturated rings. The molecule has 1 saturated heterocycles. The molecule has 0 spiro atoms. The minimum absolute atomic E-state index is 0.0683. The summed E-state index contributed by atoms with van der Waals surface area (Å²) in [5.74, 6) is 1.38. The van der Waals surface area contributed by atoms with Crippen LogP contribution < -0.4 is 5.32 Å². The summed E-state index contributed by atoms with van der Waals surface area (Å²) in [4.78, 5) is 3.64. The molecule has 2 aliphatic heterocycles. The summed E-state index contributed by atoms with van der Waals surface area (Å²) in [5, 5.41) is 15.2. The second kappa shape index (κ2) is 3.86. The number of rotatable bonds is 0. The maximum Gasteiger partial charge on any atom is 0.0546 e. The fraction of sp³-hybridized carbons (Fsp3) is 0.529. The molecule has 2 bridgehead atoms. The molecular weight excluding hydrogens is 248 g/mol. The number of aromatic nitrogens is 1. The Hall–Kier alpha value is -1.32. The van der Waals surface area contributed by atoms with E-state index < -0.39 is 0 Å². The van der Waals surface area contributed by atoms with Crippen LogP contribution in [0.2, 0.25) is 0 Å². The van der Waals surface area contributed by atoms with Gasteiger partial charge < -0.3 is 15.4 Å². The van der Waals surface area contributed by atoms with E-state index in [1.165, 1.54) is 28.6 Å². The summed E-state index contributed by atoms with van der Waals surface area (Å²) in [6.07, 6.45) is 4.23. The Labute approximate surface area is 118 Å². The molecule has 3 heteroatoms. The predicted molar refractivity (Wildman–Crippen MR) is 78.5 cm³/mol. The molecule has 2 aromatic rings. The smallest absolute Gasteiger partial charge is 0.0546 e. The molecule has 5 atom stereocenters. The number of aromatic amines is 1. The van der Waals surface area contributed by atoms with E-state index in [4.69, 9.17) is 0 Å². The summed E-state index contributed by atoms with van der Waals surface area (Å²) in [6, 6.07) is 9.69. The van der Waals surface area contributed by atoms with Gasteiger partial charge in [-0.3, -0.25) is 0 Å². The van der Waals surface area contributed by atoms with Gasteiger partial charge in [0.05, 0.1) is 6.10 Å². The molecule has 1 saturated carbocycles. The summed E-state index contributed by atoms with van der Waals surface area (Å²) in [5.41, 5.74) is 4.20. The van der Waals surface area contributed by atoms with Gasteiger partial charge in [-0.15, -0.1) is 0 Å². The van der Waals surface area contributed by atoms with Gasteiger partial charge in [-0.1, -0.05) is 18.2 Å². The van der Waals surface area contributed by atoms with Crippen LogP contribution in [0.15, 0.2) is 24.3 Å². The number of H-pyrrole nitrogens is 1. The van der Waals surface area contributed by atoms with E-state index in [-0.39, 0.29) is 6.10 Å². The van der Waals surface area contributed by atoms with Crippen molar-refractivity contribution in [3.05, 3.63) is 35.5 Å². The molecule has 3 nitrogen and oxygen atoms in total. The summed E-state index contributed by atoms with van der Waals surface area (Å²) in [7, 11) is 0. The van der Waals surface area contributed by atoms with Gasteiger partial charge in [-0.25, -0.2) is 0 Å². The molecular formula is C17H20N2O. The Bertz CT molecular complexity index is 677. The van der Waals surface area contributed by atoms with Gasteiger partial charge in [-0.05, 0) is 49.1 Å². The monoisotopic (exact) mass is 268 g/mol. The number of hydrogen-bond donors (Lipinski definition) is 3. The fourth-order valence-electron chi connectivity index (χ4n) is 5.01. The molecule has 104 valence electrons. The second-order valence-corrected chi connectivity index (χ2v) is 6.88. The largest absolute Gasteiger partial charge is 0.393 e.